The molecule has 1 N–H and O–H groups in total. The van der Waals surface area contributed by atoms with Crippen molar-refractivity contribution in [1.82, 2.24) is 4.90 Å². The number of methoxy groups -OCH3 is 3. The molecule has 0 bridgehead atoms. The third-order valence-electron chi connectivity index (χ3n) is 5.30. The summed E-state index contributed by atoms with van der Waals surface area (Å²) in [5.41, 5.74) is 2.08. The molecule has 1 heterocycles. The molecule has 0 aliphatic carbocycles. The van der Waals surface area contributed by atoms with Gasteiger partial charge in [-0.2, -0.15) is 0 Å². The fraction of sp³-hybridized carbons (Fsp3) is 0.409. The van der Waals surface area contributed by atoms with Crippen molar-refractivity contribution >= 4 is 5.97 Å². The highest BCUT2D eigenvalue weighted by Crippen LogP contribution is 2.38. The van der Waals surface area contributed by atoms with E-state index in [2.05, 4.69) is 4.90 Å². The number of piperidine rings is 1. The Morgan fingerprint density at radius 3 is 2.46 bits per heavy atom. The van der Waals surface area contributed by atoms with Gasteiger partial charge in [0.15, 0.2) is 11.5 Å². The molecule has 2 aromatic rings. The van der Waals surface area contributed by atoms with E-state index in [0.717, 1.165) is 29.8 Å². The maximum atomic E-state index is 11.6. The van der Waals surface area contributed by atoms with Gasteiger partial charge in [-0.05, 0) is 54.8 Å². The summed E-state index contributed by atoms with van der Waals surface area (Å²) in [6.45, 7) is 1.34. The van der Waals surface area contributed by atoms with E-state index in [9.17, 15) is 9.90 Å². The van der Waals surface area contributed by atoms with E-state index < -0.39 is 5.97 Å². The van der Waals surface area contributed by atoms with E-state index >= 15 is 0 Å². The zero-order valence-corrected chi connectivity index (χ0v) is 16.6. The highest BCUT2D eigenvalue weighted by molar-refractivity contribution is 5.70. The number of nitrogens with zero attached hydrogens (tertiary/aromatic N) is 1. The zero-order valence-electron chi connectivity index (χ0n) is 16.6. The average Bonchev–Trinajstić information content (AvgIpc) is 2.74. The molecule has 1 saturated heterocycles. The summed E-state index contributed by atoms with van der Waals surface area (Å²) in [4.78, 5) is 13.8. The fourth-order valence-corrected chi connectivity index (χ4v) is 3.89. The first-order valence-electron chi connectivity index (χ1n) is 9.40. The molecule has 0 spiro atoms. The van der Waals surface area contributed by atoms with Crippen LogP contribution < -0.4 is 14.2 Å². The molecule has 2 aromatic carbocycles. The van der Waals surface area contributed by atoms with Gasteiger partial charge in [0.05, 0.1) is 33.3 Å². The highest BCUT2D eigenvalue weighted by Gasteiger charge is 2.31. The number of benzene rings is 2. The van der Waals surface area contributed by atoms with Gasteiger partial charge in [-0.25, -0.2) is 0 Å². The van der Waals surface area contributed by atoms with Crippen LogP contribution in [0.25, 0.3) is 0 Å². The molecule has 1 aliphatic rings. The van der Waals surface area contributed by atoms with Crippen molar-refractivity contribution in [2.24, 2.45) is 5.92 Å². The number of carbonyl (C=O) groups is 1. The number of aliphatic carboxylic acids is 1. The van der Waals surface area contributed by atoms with E-state index in [0.29, 0.717) is 24.5 Å². The summed E-state index contributed by atoms with van der Waals surface area (Å²) in [7, 11) is 4.87. The molecule has 0 amide bonds. The van der Waals surface area contributed by atoms with Crippen molar-refractivity contribution in [3.63, 3.8) is 0 Å². The van der Waals surface area contributed by atoms with Crippen LogP contribution in [0.4, 0.5) is 0 Å². The maximum absolute atomic E-state index is 11.6. The quantitative estimate of drug-likeness (QED) is 0.785. The minimum absolute atomic E-state index is 0.0999. The topological polar surface area (TPSA) is 68.2 Å². The summed E-state index contributed by atoms with van der Waals surface area (Å²) in [5, 5.41) is 9.53. The average molecular weight is 385 g/mol. The summed E-state index contributed by atoms with van der Waals surface area (Å²) in [6.07, 6.45) is 1.56. The lowest BCUT2D eigenvalue weighted by molar-refractivity contribution is -0.143. The van der Waals surface area contributed by atoms with Crippen LogP contribution in [0.1, 0.15) is 30.0 Å². The molecule has 150 valence electrons. The molecule has 1 fully saturated rings. The summed E-state index contributed by atoms with van der Waals surface area (Å²) < 4.78 is 16.3. The molecule has 2 atom stereocenters. The summed E-state index contributed by atoms with van der Waals surface area (Å²) in [6, 6.07) is 13.7. The second-order valence-electron chi connectivity index (χ2n) is 6.97. The first kappa shape index (κ1) is 20.0. The third kappa shape index (κ3) is 4.22. The molecular formula is C22H27NO5. The van der Waals surface area contributed by atoms with Crippen LogP contribution in [0.2, 0.25) is 0 Å². The number of hydrogen-bond acceptors (Lipinski definition) is 5. The number of carboxylic acid groups (broad SMARTS) is 1. The summed E-state index contributed by atoms with van der Waals surface area (Å²) >= 11 is 0. The Bertz CT molecular complexity index is 822. The van der Waals surface area contributed by atoms with Crippen LogP contribution in [-0.2, 0) is 4.79 Å². The monoisotopic (exact) mass is 385 g/mol. The lowest BCUT2D eigenvalue weighted by Crippen LogP contribution is -2.41. The normalized spacial score (nSPS) is 18.3. The Morgan fingerprint density at radius 2 is 1.79 bits per heavy atom. The van der Waals surface area contributed by atoms with Crippen molar-refractivity contribution in [3.05, 3.63) is 53.6 Å². The molecule has 0 saturated carbocycles. The van der Waals surface area contributed by atoms with Crippen LogP contribution >= 0.6 is 0 Å². The van der Waals surface area contributed by atoms with Gasteiger partial charge >= 0.3 is 5.97 Å². The predicted octanol–water partition coefficient (Wildman–Crippen LogP) is 3.60. The number of rotatable bonds is 7. The Kier molecular flexibility index (Phi) is 6.41. The number of likely N-dealkylation sites (tertiary alicyclic amines) is 1. The molecule has 6 heteroatoms. The van der Waals surface area contributed by atoms with Crippen molar-refractivity contribution < 1.29 is 24.1 Å². The minimum Gasteiger partial charge on any atom is -0.497 e. The van der Waals surface area contributed by atoms with Gasteiger partial charge in [-0.3, -0.25) is 9.69 Å². The number of carboxylic acids is 1. The Hall–Kier alpha value is -2.73. The predicted molar refractivity (Wildman–Crippen MR) is 106 cm³/mol. The molecular weight excluding hydrogens is 358 g/mol. The van der Waals surface area contributed by atoms with Gasteiger partial charge in [0.1, 0.15) is 5.75 Å². The third-order valence-corrected chi connectivity index (χ3v) is 5.30. The highest BCUT2D eigenvalue weighted by atomic mass is 16.5. The van der Waals surface area contributed by atoms with Gasteiger partial charge in [0.25, 0.3) is 0 Å². The van der Waals surface area contributed by atoms with Gasteiger partial charge in [0.2, 0.25) is 0 Å². The van der Waals surface area contributed by atoms with Gasteiger partial charge in [-0.15, -0.1) is 0 Å². The SMILES string of the molecule is COc1cccc(C(c2ccc(OC)c(OC)c2)N2CCCC(C(=O)O)C2)c1. The molecule has 2 unspecified atom stereocenters. The van der Waals surface area contributed by atoms with Crippen LogP contribution in [-0.4, -0.2) is 50.4 Å². The molecule has 3 rings (SSSR count). The van der Waals surface area contributed by atoms with Crippen molar-refractivity contribution in [2.75, 3.05) is 34.4 Å². The van der Waals surface area contributed by atoms with Gasteiger partial charge < -0.3 is 19.3 Å². The van der Waals surface area contributed by atoms with Crippen LogP contribution in [0.3, 0.4) is 0 Å². The van der Waals surface area contributed by atoms with Crippen LogP contribution in [0.5, 0.6) is 17.2 Å². The Morgan fingerprint density at radius 1 is 1.04 bits per heavy atom. The zero-order chi connectivity index (χ0) is 20.1. The van der Waals surface area contributed by atoms with Gasteiger partial charge in [-0.1, -0.05) is 18.2 Å². The standard InChI is InChI=1S/C22H27NO5/c1-26-18-8-4-6-15(12-18)21(23-11-5-7-17(14-23)22(24)25)16-9-10-19(27-2)20(13-16)28-3/h4,6,8-10,12-13,17,21H,5,7,11,14H2,1-3H3,(H,24,25). The lowest BCUT2D eigenvalue weighted by atomic mass is 9.91. The Labute approximate surface area is 165 Å². The van der Waals surface area contributed by atoms with Crippen LogP contribution in [0.15, 0.2) is 42.5 Å². The summed E-state index contributed by atoms with van der Waals surface area (Å²) in [5.74, 6) is 0.996. The lowest BCUT2D eigenvalue weighted by Gasteiger charge is -2.37. The minimum atomic E-state index is -0.735. The van der Waals surface area contributed by atoms with E-state index in [-0.39, 0.29) is 12.0 Å². The second kappa shape index (κ2) is 8.97. The van der Waals surface area contributed by atoms with E-state index in [4.69, 9.17) is 14.2 Å². The van der Waals surface area contributed by atoms with Crippen molar-refractivity contribution in [3.8, 4) is 17.2 Å². The van der Waals surface area contributed by atoms with E-state index in [1.54, 1.807) is 21.3 Å². The first-order valence-corrected chi connectivity index (χ1v) is 9.40. The smallest absolute Gasteiger partial charge is 0.307 e. The number of hydrogen-bond donors (Lipinski definition) is 1. The number of ether oxygens (including phenoxy) is 3. The van der Waals surface area contributed by atoms with Crippen LogP contribution in [0, 0.1) is 5.92 Å². The largest absolute Gasteiger partial charge is 0.497 e. The molecule has 1 aliphatic heterocycles. The molecule has 28 heavy (non-hydrogen) atoms. The van der Waals surface area contributed by atoms with E-state index in [1.165, 1.54) is 0 Å². The molecule has 0 radical (unpaired) electrons. The fourth-order valence-electron chi connectivity index (χ4n) is 3.89. The second-order valence-corrected chi connectivity index (χ2v) is 6.97. The molecule has 0 aromatic heterocycles. The maximum Gasteiger partial charge on any atom is 0.307 e. The van der Waals surface area contributed by atoms with Gasteiger partial charge in [0, 0.05) is 6.54 Å². The first-order chi connectivity index (χ1) is 13.6. The Balaban J connectivity index is 2.05. The van der Waals surface area contributed by atoms with E-state index in [1.807, 2.05) is 42.5 Å². The molecule has 6 nitrogen and oxygen atoms in total. The van der Waals surface area contributed by atoms with Crippen molar-refractivity contribution in [2.45, 2.75) is 18.9 Å². The van der Waals surface area contributed by atoms with Crippen molar-refractivity contribution in [1.29, 1.82) is 0 Å².